The minimum Gasteiger partial charge on any atom is -0.497 e. The van der Waals surface area contributed by atoms with Crippen LogP contribution in [0.4, 0.5) is 0 Å². The summed E-state index contributed by atoms with van der Waals surface area (Å²) in [6.45, 7) is 0.307. The molecule has 4 rings (SSSR count). The van der Waals surface area contributed by atoms with E-state index in [9.17, 15) is 4.79 Å². The van der Waals surface area contributed by atoms with Crippen molar-refractivity contribution in [3.8, 4) is 5.75 Å². The van der Waals surface area contributed by atoms with Crippen LogP contribution in [0, 0.1) is 0 Å². The number of benzene rings is 2. The summed E-state index contributed by atoms with van der Waals surface area (Å²) in [7, 11) is 1.62. The first-order valence-corrected chi connectivity index (χ1v) is 7.69. The van der Waals surface area contributed by atoms with Crippen molar-refractivity contribution >= 4 is 33.5 Å². The number of fused-ring (bicyclic) bond motifs is 2. The lowest BCUT2D eigenvalue weighted by Gasteiger charge is -2.04. The maximum atomic E-state index is 12.6. The van der Waals surface area contributed by atoms with Crippen LogP contribution >= 0.6 is 11.6 Å². The minimum absolute atomic E-state index is 0.130. The number of aromatic amines is 1. The molecular formula is C17H13ClN4O2. The second kappa shape index (κ2) is 5.65. The van der Waals surface area contributed by atoms with Crippen LogP contribution in [0.3, 0.4) is 0 Å². The third-order valence-corrected chi connectivity index (χ3v) is 4.08. The lowest BCUT2D eigenvalue weighted by atomic mass is 10.2. The van der Waals surface area contributed by atoms with E-state index in [4.69, 9.17) is 16.3 Å². The highest BCUT2D eigenvalue weighted by atomic mass is 35.5. The summed E-state index contributed by atoms with van der Waals surface area (Å²) in [5, 5.41) is 1.08. The Morgan fingerprint density at radius 3 is 2.92 bits per heavy atom. The maximum absolute atomic E-state index is 12.6. The molecule has 0 bridgehead atoms. The topological polar surface area (TPSA) is 72.8 Å². The summed E-state index contributed by atoms with van der Waals surface area (Å²) in [5.74, 6) is 1.43. The number of nitrogens with zero attached hydrogens (tertiary/aromatic N) is 3. The summed E-state index contributed by atoms with van der Waals surface area (Å²) < 4.78 is 6.72. The molecule has 120 valence electrons. The Hall–Kier alpha value is -2.86. The molecule has 0 fully saturated rings. The molecule has 0 aliphatic heterocycles. The average molecular weight is 341 g/mol. The molecule has 0 atom stereocenters. The molecule has 0 saturated carbocycles. The maximum Gasteiger partial charge on any atom is 0.261 e. The number of hydrogen-bond acceptors (Lipinski definition) is 4. The van der Waals surface area contributed by atoms with Crippen LogP contribution in [0.25, 0.3) is 21.9 Å². The molecule has 0 radical (unpaired) electrons. The fraction of sp³-hybridized carbons (Fsp3) is 0.118. The van der Waals surface area contributed by atoms with Gasteiger partial charge < -0.3 is 9.72 Å². The van der Waals surface area contributed by atoms with Gasteiger partial charge in [-0.1, -0.05) is 11.6 Å². The third kappa shape index (κ3) is 2.51. The number of halogens is 1. The van der Waals surface area contributed by atoms with E-state index in [1.165, 1.54) is 10.9 Å². The second-order valence-electron chi connectivity index (χ2n) is 5.41. The number of aromatic nitrogens is 4. The van der Waals surface area contributed by atoms with Gasteiger partial charge in [-0.25, -0.2) is 9.97 Å². The van der Waals surface area contributed by atoms with Gasteiger partial charge in [0, 0.05) is 11.1 Å². The largest absolute Gasteiger partial charge is 0.497 e. The van der Waals surface area contributed by atoms with E-state index < -0.39 is 0 Å². The van der Waals surface area contributed by atoms with Crippen molar-refractivity contribution in [2.24, 2.45) is 0 Å². The number of imidazole rings is 1. The highest BCUT2D eigenvalue weighted by Crippen LogP contribution is 2.19. The van der Waals surface area contributed by atoms with Crippen molar-refractivity contribution in [2.75, 3.05) is 7.11 Å². The van der Waals surface area contributed by atoms with E-state index in [1.54, 1.807) is 25.3 Å². The molecule has 24 heavy (non-hydrogen) atoms. The number of rotatable bonds is 3. The summed E-state index contributed by atoms with van der Waals surface area (Å²) in [5.41, 5.74) is 2.13. The number of ether oxygens (including phenoxy) is 1. The van der Waals surface area contributed by atoms with Gasteiger partial charge in [0.2, 0.25) is 0 Å². The molecule has 1 N–H and O–H groups in total. The molecule has 0 spiro atoms. The molecule has 7 heteroatoms. The van der Waals surface area contributed by atoms with Crippen molar-refractivity contribution in [1.29, 1.82) is 0 Å². The van der Waals surface area contributed by atoms with E-state index in [-0.39, 0.29) is 5.56 Å². The van der Waals surface area contributed by atoms with Crippen LogP contribution in [0.5, 0.6) is 5.75 Å². The number of hydrogen-bond donors (Lipinski definition) is 1. The lowest BCUT2D eigenvalue weighted by molar-refractivity contribution is 0.415. The van der Waals surface area contributed by atoms with Crippen LogP contribution in [-0.4, -0.2) is 26.6 Å². The van der Waals surface area contributed by atoms with Gasteiger partial charge >= 0.3 is 0 Å². The Labute approximate surface area is 141 Å². The van der Waals surface area contributed by atoms with Crippen molar-refractivity contribution in [2.45, 2.75) is 6.54 Å². The predicted molar refractivity (Wildman–Crippen MR) is 92.8 cm³/mol. The molecule has 0 unspecified atom stereocenters. The van der Waals surface area contributed by atoms with Crippen LogP contribution in [0.15, 0.2) is 47.5 Å². The summed E-state index contributed by atoms with van der Waals surface area (Å²) >= 11 is 5.94. The Balaban J connectivity index is 1.75. The first-order chi connectivity index (χ1) is 11.6. The number of methoxy groups -OCH3 is 1. The van der Waals surface area contributed by atoms with Crippen LogP contribution in [0.1, 0.15) is 5.82 Å². The lowest BCUT2D eigenvalue weighted by Crippen LogP contribution is -2.21. The van der Waals surface area contributed by atoms with Crippen LogP contribution < -0.4 is 10.3 Å². The normalized spacial score (nSPS) is 11.2. The number of nitrogens with one attached hydrogen (secondary N) is 1. The molecule has 2 aromatic heterocycles. The fourth-order valence-corrected chi connectivity index (χ4v) is 2.82. The van der Waals surface area contributed by atoms with Gasteiger partial charge in [-0.3, -0.25) is 9.36 Å². The molecule has 2 heterocycles. The van der Waals surface area contributed by atoms with Crippen LogP contribution in [0.2, 0.25) is 5.02 Å². The van der Waals surface area contributed by atoms with E-state index in [2.05, 4.69) is 15.0 Å². The zero-order valence-corrected chi connectivity index (χ0v) is 13.5. The van der Waals surface area contributed by atoms with Gasteiger partial charge in [-0.05, 0) is 30.3 Å². The van der Waals surface area contributed by atoms with E-state index in [0.29, 0.717) is 28.3 Å². The zero-order chi connectivity index (χ0) is 16.7. The zero-order valence-electron chi connectivity index (χ0n) is 12.8. The highest BCUT2D eigenvalue weighted by Gasteiger charge is 2.08. The Bertz CT molecular complexity index is 1120. The van der Waals surface area contributed by atoms with E-state index >= 15 is 0 Å². The standard InChI is InChI=1S/C17H13ClN4O2/c1-24-11-3-5-13-15(7-11)21-16(20-13)8-22-9-19-14-6-10(18)2-4-12(14)17(22)23/h2-7,9H,8H2,1H3,(H,20,21). The van der Waals surface area contributed by atoms with E-state index in [1.807, 2.05) is 18.2 Å². The monoisotopic (exact) mass is 340 g/mol. The summed E-state index contributed by atoms with van der Waals surface area (Å²) in [6.07, 6.45) is 1.51. The minimum atomic E-state index is -0.130. The van der Waals surface area contributed by atoms with Gasteiger partial charge in [0.1, 0.15) is 11.6 Å². The van der Waals surface area contributed by atoms with Gasteiger partial charge in [0.25, 0.3) is 5.56 Å². The summed E-state index contributed by atoms with van der Waals surface area (Å²) in [4.78, 5) is 24.6. The molecule has 0 amide bonds. The summed E-state index contributed by atoms with van der Waals surface area (Å²) in [6, 6.07) is 10.6. The first-order valence-electron chi connectivity index (χ1n) is 7.31. The third-order valence-electron chi connectivity index (χ3n) is 3.85. The predicted octanol–water partition coefficient (Wildman–Crippen LogP) is 2.98. The smallest absolute Gasteiger partial charge is 0.261 e. The Morgan fingerprint density at radius 1 is 1.21 bits per heavy atom. The Kier molecular flexibility index (Phi) is 3.46. The van der Waals surface area contributed by atoms with Gasteiger partial charge in [-0.15, -0.1) is 0 Å². The van der Waals surface area contributed by atoms with Crippen LogP contribution in [-0.2, 0) is 6.54 Å². The highest BCUT2D eigenvalue weighted by molar-refractivity contribution is 6.31. The van der Waals surface area contributed by atoms with Crippen molar-refractivity contribution in [3.05, 3.63) is 63.9 Å². The van der Waals surface area contributed by atoms with Gasteiger partial charge in [-0.2, -0.15) is 0 Å². The van der Waals surface area contributed by atoms with Crippen molar-refractivity contribution in [1.82, 2.24) is 19.5 Å². The molecule has 2 aromatic carbocycles. The van der Waals surface area contributed by atoms with Gasteiger partial charge in [0.15, 0.2) is 0 Å². The SMILES string of the molecule is COc1ccc2nc(Cn3cnc4cc(Cl)ccc4c3=O)[nH]c2c1. The molecular weight excluding hydrogens is 328 g/mol. The van der Waals surface area contributed by atoms with Crippen molar-refractivity contribution in [3.63, 3.8) is 0 Å². The first kappa shape index (κ1) is 14.7. The average Bonchev–Trinajstić information content (AvgIpc) is 2.98. The number of H-pyrrole nitrogens is 1. The molecule has 6 nitrogen and oxygen atoms in total. The second-order valence-corrected chi connectivity index (χ2v) is 5.84. The quantitative estimate of drug-likeness (QED) is 0.622. The molecule has 4 aromatic rings. The molecule has 0 aliphatic rings. The van der Waals surface area contributed by atoms with Gasteiger partial charge in [0.05, 0.1) is 41.9 Å². The molecule has 0 aliphatic carbocycles. The van der Waals surface area contributed by atoms with E-state index in [0.717, 1.165) is 16.8 Å². The fourth-order valence-electron chi connectivity index (χ4n) is 2.65. The van der Waals surface area contributed by atoms with Crippen molar-refractivity contribution < 1.29 is 4.74 Å². The Morgan fingerprint density at radius 2 is 2.08 bits per heavy atom. The molecule has 0 saturated heterocycles.